The van der Waals surface area contributed by atoms with Crippen molar-refractivity contribution in [2.75, 3.05) is 6.61 Å². The van der Waals surface area contributed by atoms with Crippen molar-refractivity contribution >= 4 is 6.09 Å². The summed E-state index contributed by atoms with van der Waals surface area (Å²) in [4.78, 5) is 17.1. The molecule has 0 aromatic carbocycles. The molecule has 0 N–H and O–H groups in total. The highest BCUT2D eigenvalue weighted by Crippen LogP contribution is 2.47. The lowest BCUT2D eigenvalue weighted by atomic mass is 10.3. The standard InChI is InChI=1S/C8H13N3O2/c1-2-13-8(12)11-9-6-3-4-7(5-6)10(9)11/h6-7H,2-5H2,1H3. The molecule has 2 unspecified atom stereocenters. The van der Waals surface area contributed by atoms with Crippen molar-refractivity contribution in [1.82, 2.24) is 14.4 Å². The maximum Gasteiger partial charge on any atom is 0.451 e. The van der Waals surface area contributed by atoms with E-state index in [1.165, 1.54) is 19.3 Å². The SMILES string of the molecule is CCOC(=O)n1n2n1C1CCC2C1. The number of hydrogen-bond donors (Lipinski definition) is 0. The van der Waals surface area contributed by atoms with Crippen LogP contribution in [0.15, 0.2) is 0 Å². The van der Waals surface area contributed by atoms with E-state index in [0.29, 0.717) is 18.7 Å². The second-order valence-corrected chi connectivity index (χ2v) is 3.75. The number of aromatic nitrogens is 3. The van der Waals surface area contributed by atoms with Crippen molar-refractivity contribution in [3.63, 3.8) is 0 Å². The molecule has 1 aliphatic carbocycles. The monoisotopic (exact) mass is 183 g/mol. The Morgan fingerprint density at radius 3 is 2.54 bits per heavy atom. The van der Waals surface area contributed by atoms with E-state index in [-0.39, 0.29) is 6.09 Å². The number of nitrogens with zero attached hydrogens (tertiary/aromatic N) is 3. The Balaban J connectivity index is 1.83. The Morgan fingerprint density at radius 2 is 2.00 bits per heavy atom. The molecule has 72 valence electrons. The molecule has 1 aromatic rings. The summed E-state index contributed by atoms with van der Waals surface area (Å²) >= 11 is 0. The average Bonchev–Trinajstić information content (AvgIpc) is 2.57. The molecule has 5 nitrogen and oxygen atoms in total. The number of fused-ring (bicyclic) bond motifs is 5. The molecule has 2 aliphatic rings. The van der Waals surface area contributed by atoms with Gasteiger partial charge in [0.05, 0.1) is 18.7 Å². The summed E-state index contributed by atoms with van der Waals surface area (Å²) in [6, 6.07) is 1.13. The summed E-state index contributed by atoms with van der Waals surface area (Å²) in [6.07, 6.45) is 3.43. The fraction of sp³-hybridized carbons (Fsp3) is 0.875. The van der Waals surface area contributed by atoms with Crippen LogP contribution in [0.5, 0.6) is 0 Å². The van der Waals surface area contributed by atoms with Crippen LogP contribution >= 0.6 is 0 Å². The van der Waals surface area contributed by atoms with Crippen LogP contribution < -0.4 is 0 Å². The van der Waals surface area contributed by atoms with E-state index < -0.39 is 0 Å². The Morgan fingerprint density at radius 1 is 1.38 bits per heavy atom. The molecular weight excluding hydrogens is 170 g/mol. The van der Waals surface area contributed by atoms with E-state index in [4.69, 9.17) is 4.74 Å². The van der Waals surface area contributed by atoms with Crippen molar-refractivity contribution in [2.45, 2.75) is 38.3 Å². The van der Waals surface area contributed by atoms with Gasteiger partial charge in [-0.2, -0.15) is 9.59 Å². The maximum atomic E-state index is 11.4. The highest BCUT2D eigenvalue weighted by molar-refractivity contribution is 5.69. The highest BCUT2D eigenvalue weighted by atomic mass is 16.6. The van der Waals surface area contributed by atoms with Gasteiger partial charge in [-0.3, -0.25) is 0 Å². The van der Waals surface area contributed by atoms with Crippen LogP contribution in [-0.4, -0.2) is 27.1 Å². The van der Waals surface area contributed by atoms with Gasteiger partial charge in [-0.1, -0.05) is 4.80 Å². The molecule has 0 radical (unpaired) electrons. The molecule has 1 aliphatic heterocycles. The van der Waals surface area contributed by atoms with Crippen molar-refractivity contribution in [3.05, 3.63) is 0 Å². The normalized spacial score (nSPS) is 29.6. The van der Waals surface area contributed by atoms with Gasteiger partial charge in [0.25, 0.3) is 0 Å². The van der Waals surface area contributed by atoms with Gasteiger partial charge in [0, 0.05) is 0 Å². The molecule has 0 saturated heterocycles. The van der Waals surface area contributed by atoms with Crippen LogP contribution in [0.2, 0.25) is 0 Å². The average molecular weight is 183 g/mol. The molecule has 0 spiro atoms. The van der Waals surface area contributed by atoms with Crippen LogP contribution in [0.1, 0.15) is 38.3 Å². The fourth-order valence-electron chi connectivity index (χ4n) is 2.49. The Labute approximate surface area is 75.8 Å². The number of carbonyl (C=O) groups excluding carboxylic acids is 1. The first-order valence-corrected chi connectivity index (χ1v) is 4.88. The summed E-state index contributed by atoms with van der Waals surface area (Å²) in [5, 5.41) is 0. The predicted molar refractivity (Wildman–Crippen MR) is 44.8 cm³/mol. The lowest BCUT2D eigenvalue weighted by molar-refractivity contribution is 0.148. The topological polar surface area (TPSA) is 41.1 Å². The van der Waals surface area contributed by atoms with E-state index in [2.05, 4.69) is 0 Å². The van der Waals surface area contributed by atoms with Crippen LogP contribution in [0, 0.1) is 0 Å². The van der Waals surface area contributed by atoms with Gasteiger partial charge in [-0.15, -0.1) is 0 Å². The first-order chi connectivity index (χ1) is 6.33. The van der Waals surface area contributed by atoms with E-state index in [0.717, 1.165) is 0 Å². The quantitative estimate of drug-likeness (QED) is 0.659. The van der Waals surface area contributed by atoms with Crippen LogP contribution in [0.4, 0.5) is 4.79 Å². The molecule has 5 heteroatoms. The maximum absolute atomic E-state index is 11.4. The van der Waals surface area contributed by atoms with E-state index in [9.17, 15) is 4.79 Å². The second kappa shape index (κ2) is 2.21. The molecule has 3 rings (SSSR count). The minimum atomic E-state index is -0.223. The summed E-state index contributed by atoms with van der Waals surface area (Å²) in [6.45, 7) is 2.28. The van der Waals surface area contributed by atoms with Crippen molar-refractivity contribution in [2.24, 2.45) is 0 Å². The fourth-order valence-corrected chi connectivity index (χ4v) is 2.49. The molecule has 0 amide bonds. The zero-order valence-electron chi connectivity index (χ0n) is 7.64. The van der Waals surface area contributed by atoms with E-state index in [1.54, 1.807) is 4.80 Å². The molecular formula is C8H13N3O2. The Kier molecular flexibility index (Phi) is 1.24. The van der Waals surface area contributed by atoms with Crippen LogP contribution in [0.25, 0.3) is 0 Å². The van der Waals surface area contributed by atoms with Crippen LogP contribution in [-0.2, 0) is 4.74 Å². The third-order valence-electron chi connectivity index (χ3n) is 3.03. The first-order valence-electron chi connectivity index (χ1n) is 4.88. The summed E-state index contributed by atoms with van der Waals surface area (Å²) < 4.78 is 4.93. The molecule has 2 atom stereocenters. The molecule has 1 fully saturated rings. The molecule has 2 bridgehead atoms. The van der Waals surface area contributed by atoms with Gasteiger partial charge in [0.15, 0.2) is 0 Å². The smallest absolute Gasteiger partial charge is 0.447 e. The lowest BCUT2D eigenvalue weighted by Crippen LogP contribution is -2.14. The van der Waals surface area contributed by atoms with Crippen LogP contribution in [0.3, 0.4) is 0 Å². The number of ether oxygens (including phenoxy) is 1. The number of carbonyl (C=O) groups is 1. The van der Waals surface area contributed by atoms with Gasteiger partial charge < -0.3 is 4.74 Å². The Bertz CT molecular complexity index is 324. The molecule has 1 aromatic heterocycles. The van der Waals surface area contributed by atoms with Gasteiger partial charge in [0.1, 0.15) is 0 Å². The van der Waals surface area contributed by atoms with Gasteiger partial charge in [-0.25, -0.2) is 4.79 Å². The highest BCUT2D eigenvalue weighted by Gasteiger charge is 2.47. The zero-order valence-corrected chi connectivity index (χ0v) is 7.64. The Hall–Kier alpha value is -1.13. The van der Waals surface area contributed by atoms with Crippen molar-refractivity contribution < 1.29 is 9.53 Å². The molecule has 13 heavy (non-hydrogen) atoms. The van der Waals surface area contributed by atoms with E-state index in [1.807, 2.05) is 16.5 Å². The summed E-state index contributed by atoms with van der Waals surface area (Å²) in [7, 11) is 0. The zero-order chi connectivity index (χ0) is 9.00. The second-order valence-electron chi connectivity index (χ2n) is 3.75. The minimum Gasteiger partial charge on any atom is -0.447 e. The third-order valence-corrected chi connectivity index (χ3v) is 3.03. The van der Waals surface area contributed by atoms with E-state index >= 15 is 0 Å². The predicted octanol–water partition coefficient (Wildman–Crippen LogP) is 1.38. The van der Waals surface area contributed by atoms with Gasteiger partial charge in [-0.05, 0) is 26.2 Å². The minimum absolute atomic E-state index is 0.223. The molecule has 1 saturated carbocycles. The summed E-state index contributed by atoms with van der Waals surface area (Å²) in [5.74, 6) is 0. The number of rotatable bonds is 1. The van der Waals surface area contributed by atoms with Crippen molar-refractivity contribution in [1.29, 1.82) is 0 Å². The van der Waals surface area contributed by atoms with Crippen molar-refractivity contribution in [3.8, 4) is 0 Å². The summed E-state index contributed by atoms with van der Waals surface area (Å²) in [5.41, 5.74) is 0. The van der Waals surface area contributed by atoms with Gasteiger partial charge in [0.2, 0.25) is 0 Å². The number of hydrogen-bond acceptors (Lipinski definition) is 2. The third kappa shape index (κ3) is 0.792. The lowest BCUT2D eigenvalue weighted by Gasteiger charge is -2.01. The van der Waals surface area contributed by atoms with Gasteiger partial charge >= 0.3 is 6.09 Å². The molecule has 2 heterocycles. The first kappa shape index (κ1) is 7.29. The largest absolute Gasteiger partial charge is 0.451 e.